The van der Waals surface area contributed by atoms with Crippen LogP contribution < -0.4 is 10.2 Å². The number of carbonyl (C=O) groups is 2. The summed E-state index contributed by atoms with van der Waals surface area (Å²) in [4.78, 5) is 28.3. The molecule has 0 fully saturated rings. The topological polar surface area (TPSA) is 75.2 Å². The number of hydrogen-bond donors (Lipinski definition) is 1. The Hall–Kier alpha value is -3.91. The third-order valence-corrected chi connectivity index (χ3v) is 5.34. The van der Waals surface area contributed by atoms with E-state index in [2.05, 4.69) is 14.9 Å². The van der Waals surface area contributed by atoms with E-state index in [1.54, 1.807) is 24.3 Å². The fourth-order valence-corrected chi connectivity index (χ4v) is 3.73. The lowest BCUT2D eigenvalue weighted by atomic mass is 10.0. The van der Waals surface area contributed by atoms with E-state index in [0.717, 1.165) is 17.1 Å². The molecule has 0 saturated heterocycles. The van der Waals surface area contributed by atoms with Gasteiger partial charge in [-0.2, -0.15) is 0 Å². The zero-order valence-corrected chi connectivity index (χ0v) is 17.7. The van der Waals surface area contributed by atoms with Crippen LogP contribution in [0.25, 0.3) is 0 Å². The van der Waals surface area contributed by atoms with Gasteiger partial charge in [-0.25, -0.2) is 4.39 Å². The molecule has 0 aliphatic heterocycles. The Morgan fingerprint density at radius 3 is 2.22 bits per heavy atom. The first-order chi connectivity index (χ1) is 15.6. The first-order valence-corrected chi connectivity index (χ1v) is 10.7. The summed E-state index contributed by atoms with van der Waals surface area (Å²) in [5.74, 6) is -1.31. The molecule has 4 rings (SSSR count). The lowest BCUT2D eigenvalue weighted by Crippen LogP contribution is -2.44. The van der Waals surface area contributed by atoms with Gasteiger partial charge in [0.1, 0.15) is 11.9 Å². The number of benzene rings is 3. The van der Waals surface area contributed by atoms with E-state index in [-0.39, 0.29) is 12.2 Å². The Bertz CT molecular complexity index is 1170. The summed E-state index contributed by atoms with van der Waals surface area (Å²) >= 11 is 1.05. The predicted molar refractivity (Wildman–Crippen MR) is 121 cm³/mol. The number of anilines is 1. The monoisotopic (exact) mass is 446 g/mol. The summed E-state index contributed by atoms with van der Waals surface area (Å²) in [6.07, 6.45) is 0. The average Bonchev–Trinajstić information content (AvgIpc) is 3.38. The first-order valence-electron chi connectivity index (χ1n) is 9.86. The van der Waals surface area contributed by atoms with Crippen LogP contribution in [-0.4, -0.2) is 21.4 Å². The number of halogens is 1. The number of nitrogens with zero attached hydrogens (tertiary/aromatic N) is 3. The second-order valence-corrected chi connectivity index (χ2v) is 7.57. The highest BCUT2D eigenvalue weighted by molar-refractivity contribution is 7.03. The maximum absolute atomic E-state index is 13.6. The highest BCUT2D eigenvalue weighted by atomic mass is 32.1. The van der Waals surface area contributed by atoms with Gasteiger partial charge in [0.25, 0.3) is 5.91 Å². The van der Waals surface area contributed by atoms with Crippen molar-refractivity contribution in [3.05, 3.63) is 113 Å². The normalized spacial score (nSPS) is 11.5. The minimum Gasteiger partial charge on any atom is -0.350 e. The van der Waals surface area contributed by atoms with Gasteiger partial charge >= 0.3 is 0 Å². The molecule has 4 aromatic rings. The Labute approximate surface area is 188 Å². The number of carbonyl (C=O) groups excluding carboxylic acids is 2. The van der Waals surface area contributed by atoms with Gasteiger partial charge in [-0.15, -0.1) is 5.10 Å². The van der Waals surface area contributed by atoms with Gasteiger partial charge in [0.15, 0.2) is 5.69 Å². The molecule has 1 heterocycles. The van der Waals surface area contributed by atoms with E-state index in [0.29, 0.717) is 11.3 Å². The van der Waals surface area contributed by atoms with Crippen LogP contribution in [0.2, 0.25) is 0 Å². The largest absolute Gasteiger partial charge is 0.350 e. The summed E-state index contributed by atoms with van der Waals surface area (Å²) in [5.41, 5.74) is 2.02. The third kappa shape index (κ3) is 4.87. The SMILES string of the molecule is O=C(NCc1ccccc1)[C@H](c1ccc(F)cc1)N(C(=O)c1csnn1)c1ccccc1. The molecule has 0 bridgehead atoms. The number of aromatic nitrogens is 2. The molecule has 1 aromatic heterocycles. The maximum Gasteiger partial charge on any atom is 0.280 e. The highest BCUT2D eigenvalue weighted by Gasteiger charge is 2.34. The molecule has 1 atom stereocenters. The molecular formula is C24H19FN4O2S. The zero-order chi connectivity index (χ0) is 22.3. The summed E-state index contributed by atoms with van der Waals surface area (Å²) in [6, 6.07) is 22.8. The average molecular weight is 447 g/mol. The molecule has 160 valence electrons. The zero-order valence-electron chi connectivity index (χ0n) is 16.9. The van der Waals surface area contributed by atoms with Gasteiger partial charge in [-0.3, -0.25) is 14.5 Å². The van der Waals surface area contributed by atoms with Gasteiger partial charge in [-0.05, 0) is 46.9 Å². The fraction of sp³-hybridized carbons (Fsp3) is 0.0833. The predicted octanol–water partition coefficient (Wildman–Crippen LogP) is 4.38. The molecule has 0 spiro atoms. The molecule has 3 aromatic carbocycles. The molecule has 32 heavy (non-hydrogen) atoms. The maximum atomic E-state index is 13.6. The lowest BCUT2D eigenvalue weighted by molar-refractivity contribution is -0.122. The van der Waals surface area contributed by atoms with E-state index in [1.165, 1.54) is 34.5 Å². The van der Waals surface area contributed by atoms with Crippen LogP contribution in [0.15, 0.2) is 90.3 Å². The van der Waals surface area contributed by atoms with Crippen molar-refractivity contribution in [3.8, 4) is 0 Å². The van der Waals surface area contributed by atoms with Crippen LogP contribution in [0.4, 0.5) is 10.1 Å². The fourth-order valence-electron chi connectivity index (χ4n) is 3.30. The molecule has 8 heteroatoms. The Morgan fingerprint density at radius 1 is 0.938 bits per heavy atom. The van der Waals surface area contributed by atoms with Crippen LogP contribution in [0.5, 0.6) is 0 Å². The first kappa shape index (κ1) is 21.3. The molecule has 2 amide bonds. The molecule has 0 radical (unpaired) electrons. The summed E-state index contributed by atoms with van der Waals surface area (Å²) in [6.45, 7) is 0.284. The van der Waals surface area contributed by atoms with E-state index < -0.39 is 23.7 Å². The van der Waals surface area contributed by atoms with E-state index in [1.807, 2.05) is 36.4 Å². The summed E-state index contributed by atoms with van der Waals surface area (Å²) in [7, 11) is 0. The number of hydrogen-bond acceptors (Lipinski definition) is 5. The lowest BCUT2D eigenvalue weighted by Gasteiger charge is -2.31. The summed E-state index contributed by atoms with van der Waals surface area (Å²) in [5, 5.41) is 8.32. The van der Waals surface area contributed by atoms with Crippen LogP contribution in [0, 0.1) is 5.82 Å². The van der Waals surface area contributed by atoms with Crippen molar-refractivity contribution < 1.29 is 14.0 Å². The second kappa shape index (κ2) is 9.93. The number of amides is 2. The Balaban J connectivity index is 1.75. The summed E-state index contributed by atoms with van der Waals surface area (Å²) < 4.78 is 17.4. The van der Waals surface area contributed by atoms with Crippen LogP contribution in [0.1, 0.15) is 27.7 Å². The van der Waals surface area contributed by atoms with E-state index >= 15 is 0 Å². The number of nitrogens with one attached hydrogen (secondary N) is 1. The number of rotatable bonds is 7. The van der Waals surface area contributed by atoms with Gasteiger partial charge in [0.05, 0.1) is 0 Å². The van der Waals surface area contributed by atoms with Crippen LogP contribution >= 0.6 is 11.5 Å². The van der Waals surface area contributed by atoms with Crippen molar-refractivity contribution in [2.24, 2.45) is 0 Å². The standard InChI is InChI=1S/C24H19FN4O2S/c25-19-13-11-18(12-14-19)22(23(30)26-15-17-7-3-1-4-8-17)29(20-9-5-2-6-10-20)24(31)21-16-32-28-27-21/h1-14,16,22H,15H2,(H,26,30)/t22-/m0/s1. The van der Waals surface area contributed by atoms with Crippen molar-refractivity contribution in [2.45, 2.75) is 12.6 Å². The van der Waals surface area contributed by atoms with Gasteiger partial charge < -0.3 is 5.32 Å². The molecule has 1 N–H and O–H groups in total. The third-order valence-electron chi connectivity index (χ3n) is 4.83. The van der Waals surface area contributed by atoms with Crippen molar-refractivity contribution >= 4 is 29.0 Å². The van der Waals surface area contributed by atoms with Crippen molar-refractivity contribution in [1.82, 2.24) is 14.9 Å². The molecule has 6 nitrogen and oxygen atoms in total. The number of para-hydroxylation sites is 1. The van der Waals surface area contributed by atoms with Crippen molar-refractivity contribution in [1.29, 1.82) is 0 Å². The Morgan fingerprint density at radius 2 is 1.59 bits per heavy atom. The molecule has 0 aliphatic carbocycles. The van der Waals surface area contributed by atoms with Gasteiger partial charge in [-0.1, -0.05) is 65.2 Å². The minimum absolute atomic E-state index is 0.127. The highest BCUT2D eigenvalue weighted by Crippen LogP contribution is 2.30. The van der Waals surface area contributed by atoms with Crippen molar-refractivity contribution in [3.63, 3.8) is 0 Å². The van der Waals surface area contributed by atoms with E-state index in [4.69, 9.17) is 0 Å². The second-order valence-electron chi connectivity index (χ2n) is 6.96. The van der Waals surface area contributed by atoms with Gasteiger partial charge in [0, 0.05) is 17.6 Å². The van der Waals surface area contributed by atoms with E-state index in [9.17, 15) is 14.0 Å². The minimum atomic E-state index is -1.05. The van der Waals surface area contributed by atoms with Crippen LogP contribution in [0.3, 0.4) is 0 Å². The van der Waals surface area contributed by atoms with Gasteiger partial charge in [0.2, 0.25) is 5.91 Å². The molecule has 0 saturated carbocycles. The Kier molecular flexibility index (Phi) is 6.62. The molecule has 0 unspecified atom stereocenters. The molecule has 0 aliphatic rings. The van der Waals surface area contributed by atoms with Crippen LogP contribution in [-0.2, 0) is 11.3 Å². The van der Waals surface area contributed by atoms with Crippen molar-refractivity contribution in [2.75, 3.05) is 4.90 Å². The quantitative estimate of drug-likeness (QED) is 0.457. The molecular weight excluding hydrogens is 427 g/mol. The smallest absolute Gasteiger partial charge is 0.280 e.